The summed E-state index contributed by atoms with van der Waals surface area (Å²) in [6.45, 7) is 9.56. The minimum absolute atomic E-state index is 0.0229. The number of nitrogens with one attached hydrogen (secondary N) is 1. The number of imide groups is 1. The molecule has 8 nitrogen and oxygen atoms in total. The first kappa shape index (κ1) is 27.7. The molecule has 0 aliphatic carbocycles. The van der Waals surface area contributed by atoms with E-state index in [1.807, 2.05) is 65.0 Å². The first-order chi connectivity index (χ1) is 16.0. The maximum Gasteiger partial charge on any atom is 0.417 e. The van der Waals surface area contributed by atoms with Gasteiger partial charge in [-0.3, -0.25) is 14.4 Å². The Balaban J connectivity index is 1.94. The third-order valence-electron chi connectivity index (χ3n) is 4.98. The first-order valence-electron chi connectivity index (χ1n) is 11.6. The Labute approximate surface area is 206 Å². The smallest absolute Gasteiger partial charge is 0.417 e. The van der Waals surface area contributed by atoms with Gasteiger partial charge in [0.25, 0.3) is 0 Å². The van der Waals surface area contributed by atoms with Crippen LogP contribution in [0.3, 0.4) is 0 Å². The number of carbonyl (C=O) groups is 4. The normalized spacial score (nSPS) is 16.9. The van der Waals surface area contributed by atoms with Gasteiger partial charge in [0.05, 0.1) is 5.75 Å². The largest absolute Gasteiger partial charge is 0.459 e. The molecule has 1 aromatic rings. The van der Waals surface area contributed by atoms with Gasteiger partial charge in [-0.25, -0.2) is 9.69 Å². The highest BCUT2D eigenvalue weighted by molar-refractivity contribution is 7.99. The Hall–Kier alpha value is -2.55. The molecule has 0 unspecified atom stereocenters. The van der Waals surface area contributed by atoms with E-state index in [9.17, 15) is 19.2 Å². The predicted octanol–water partition coefficient (Wildman–Crippen LogP) is 3.92. The molecule has 1 fully saturated rings. The van der Waals surface area contributed by atoms with Crippen molar-refractivity contribution in [2.45, 2.75) is 78.2 Å². The third kappa shape index (κ3) is 9.37. The topological polar surface area (TPSA) is 102 Å². The second kappa shape index (κ2) is 12.8. The number of hydrogen-bond donors (Lipinski definition) is 1. The molecule has 3 amide bonds. The number of nitrogens with zero attached hydrogens (tertiary/aromatic N) is 1. The molecule has 1 aliphatic heterocycles. The van der Waals surface area contributed by atoms with Crippen LogP contribution in [0.4, 0.5) is 4.79 Å². The van der Waals surface area contributed by atoms with Crippen molar-refractivity contribution in [1.82, 2.24) is 10.2 Å². The second-order valence-electron chi connectivity index (χ2n) is 9.80. The standard InChI is InChI=1S/C25H36N2O6S/c1-17(2)13-19(15-34-16-22(29)33-25(3,4)5)26-23(30)20-11-12-21(28)27(20)24(31)32-14-18-9-7-6-8-10-18/h6-10,17,19-20H,11-16H2,1-5H3,(H,26,30)/t19-,20+/m0/s1. The van der Waals surface area contributed by atoms with E-state index in [-0.39, 0.29) is 43.1 Å². The molecule has 0 spiro atoms. The van der Waals surface area contributed by atoms with Gasteiger partial charge in [-0.15, -0.1) is 11.8 Å². The summed E-state index contributed by atoms with van der Waals surface area (Å²) in [4.78, 5) is 50.9. The van der Waals surface area contributed by atoms with Gasteiger partial charge < -0.3 is 14.8 Å². The molecule has 1 heterocycles. The molecule has 9 heteroatoms. The predicted molar refractivity (Wildman–Crippen MR) is 131 cm³/mol. The van der Waals surface area contributed by atoms with Gasteiger partial charge in [0, 0.05) is 18.2 Å². The SMILES string of the molecule is CC(C)C[C@@H](CSCC(=O)OC(C)(C)C)NC(=O)[C@H]1CCC(=O)N1C(=O)OCc1ccccc1. The number of esters is 1. The molecule has 0 saturated carbocycles. The molecule has 188 valence electrons. The lowest BCUT2D eigenvalue weighted by Gasteiger charge is -2.26. The molecule has 0 aromatic heterocycles. The van der Waals surface area contributed by atoms with Crippen LogP contribution in [0, 0.1) is 5.92 Å². The zero-order valence-corrected chi connectivity index (χ0v) is 21.5. The van der Waals surface area contributed by atoms with Crippen molar-refractivity contribution in [3.05, 3.63) is 35.9 Å². The molecule has 1 aromatic carbocycles. The lowest BCUT2D eigenvalue weighted by molar-refractivity contribution is -0.151. The van der Waals surface area contributed by atoms with Gasteiger partial charge in [-0.2, -0.15) is 0 Å². The van der Waals surface area contributed by atoms with Gasteiger partial charge in [-0.05, 0) is 45.1 Å². The van der Waals surface area contributed by atoms with Crippen molar-refractivity contribution in [3.63, 3.8) is 0 Å². The van der Waals surface area contributed by atoms with E-state index in [2.05, 4.69) is 5.32 Å². The Morgan fingerprint density at radius 3 is 2.47 bits per heavy atom. The fourth-order valence-electron chi connectivity index (χ4n) is 3.64. The van der Waals surface area contributed by atoms with Gasteiger partial charge in [0.15, 0.2) is 0 Å². The summed E-state index contributed by atoms with van der Waals surface area (Å²) in [6, 6.07) is 8.03. The van der Waals surface area contributed by atoms with Crippen molar-refractivity contribution in [1.29, 1.82) is 0 Å². The van der Waals surface area contributed by atoms with Crippen LogP contribution < -0.4 is 5.32 Å². The van der Waals surface area contributed by atoms with Gasteiger partial charge in [-0.1, -0.05) is 44.2 Å². The number of thioether (sulfide) groups is 1. The molecule has 0 radical (unpaired) electrons. The Bertz CT molecular complexity index is 853. The fourth-order valence-corrected chi connectivity index (χ4v) is 4.49. The number of rotatable bonds is 10. The highest BCUT2D eigenvalue weighted by atomic mass is 32.2. The third-order valence-corrected chi connectivity index (χ3v) is 6.06. The molecule has 1 N–H and O–H groups in total. The summed E-state index contributed by atoms with van der Waals surface area (Å²) >= 11 is 1.39. The van der Waals surface area contributed by atoms with E-state index in [1.165, 1.54) is 11.8 Å². The number of benzene rings is 1. The fraction of sp³-hybridized carbons (Fsp3) is 0.600. The van der Waals surface area contributed by atoms with Crippen molar-refractivity contribution in [2.24, 2.45) is 5.92 Å². The van der Waals surface area contributed by atoms with E-state index in [0.717, 1.165) is 10.5 Å². The quantitative estimate of drug-likeness (QED) is 0.494. The average Bonchev–Trinajstić information content (AvgIpc) is 3.12. The number of amides is 3. The van der Waals surface area contributed by atoms with Crippen LogP contribution in [0.5, 0.6) is 0 Å². The number of hydrogen-bond acceptors (Lipinski definition) is 7. The van der Waals surface area contributed by atoms with Crippen molar-refractivity contribution in [3.8, 4) is 0 Å². The monoisotopic (exact) mass is 492 g/mol. The van der Waals surface area contributed by atoms with Crippen LogP contribution in [-0.2, 0) is 30.5 Å². The van der Waals surface area contributed by atoms with Gasteiger partial charge in [0.2, 0.25) is 11.8 Å². The lowest BCUT2D eigenvalue weighted by atomic mass is 10.0. The van der Waals surface area contributed by atoms with Crippen molar-refractivity contribution < 1.29 is 28.7 Å². The Morgan fingerprint density at radius 1 is 1.18 bits per heavy atom. The summed E-state index contributed by atoms with van der Waals surface area (Å²) in [5, 5.41) is 2.98. The van der Waals surface area contributed by atoms with Crippen LogP contribution in [-0.4, -0.2) is 58.0 Å². The molecule has 1 saturated heterocycles. The molecule has 2 atom stereocenters. The summed E-state index contributed by atoms with van der Waals surface area (Å²) in [5.41, 5.74) is 0.249. The maximum absolute atomic E-state index is 13.0. The summed E-state index contributed by atoms with van der Waals surface area (Å²) < 4.78 is 10.6. The highest BCUT2D eigenvalue weighted by Crippen LogP contribution is 2.22. The van der Waals surface area contributed by atoms with E-state index in [4.69, 9.17) is 9.47 Å². The maximum atomic E-state index is 13.0. The minimum Gasteiger partial charge on any atom is -0.459 e. The number of likely N-dealkylation sites (tertiary alicyclic amines) is 1. The molecule has 1 aliphatic rings. The van der Waals surface area contributed by atoms with E-state index in [0.29, 0.717) is 18.1 Å². The van der Waals surface area contributed by atoms with Crippen LogP contribution >= 0.6 is 11.8 Å². The first-order valence-corrected chi connectivity index (χ1v) is 12.7. The van der Waals surface area contributed by atoms with Crippen LogP contribution in [0.25, 0.3) is 0 Å². The minimum atomic E-state index is -0.902. The Morgan fingerprint density at radius 2 is 1.85 bits per heavy atom. The molecular weight excluding hydrogens is 456 g/mol. The van der Waals surface area contributed by atoms with Crippen molar-refractivity contribution in [2.75, 3.05) is 11.5 Å². The van der Waals surface area contributed by atoms with E-state index >= 15 is 0 Å². The van der Waals surface area contributed by atoms with Crippen LogP contribution in [0.1, 0.15) is 59.4 Å². The molecule has 0 bridgehead atoms. The van der Waals surface area contributed by atoms with Crippen LogP contribution in [0.2, 0.25) is 0 Å². The average molecular weight is 493 g/mol. The molecular formula is C25H36N2O6S. The highest BCUT2D eigenvalue weighted by Gasteiger charge is 2.41. The van der Waals surface area contributed by atoms with Gasteiger partial charge in [0.1, 0.15) is 18.2 Å². The molecule has 2 rings (SSSR count). The summed E-state index contributed by atoms with van der Waals surface area (Å²) in [5.74, 6) is -0.0986. The number of ether oxygens (including phenoxy) is 2. The second-order valence-corrected chi connectivity index (χ2v) is 10.8. The summed E-state index contributed by atoms with van der Waals surface area (Å²) in [6.07, 6.45) is 0.253. The zero-order chi connectivity index (χ0) is 25.3. The number of carbonyl (C=O) groups excluding carboxylic acids is 4. The zero-order valence-electron chi connectivity index (χ0n) is 20.7. The van der Waals surface area contributed by atoms with E-state index < -0.39 is 23.6 Å². The van der Waals surface area contributed by atoms with Crippen LogP contribution in [0.15, 0.2) is 30.3 Å². The Kier molecular flexibility index (Phi) is 10.4. The van der Waals surface area contributed by atoms with Gasteiger partial charge >= 0.3 is 12.1 Å². The lowest BCUT2D eigenvalue weighted by Crippen LogP contribution is -2.51. The van der Waals surface area contributed by atoms with Crippen molar-refractivity contribution >= 4 is 35.6 Å². The van der Waals surface area contributed by atoms with E-state index in [1.54, 1.807) is 0 Å². The molecule has 34 heavy (non-hydrogen) atoms. The summed E-state index contributed by atoms with van der Waals surface area (Å²) in [7, 11) is 0.